The minimum atomic E-state index is 0.321. The Morgan fingerprint density at radius 1 is 1.18 bits per heavy atom. The third-order valence-corrected chi connectivity index (χ3v) is 3.03. The summed E-state index contributed by atoms with van der Waals surface area (Å²) < 4.78 is 16.3. The molecule has 1 unspecified atom stereocenters. The third kappa shape index (κ3) is 3.72. The Kier molecular flexibility index (Phi) is 3.29. The number of benzene rings is 1. The molecule has 0 bridgehead atoms. The Morgan fingerprint density at radius 2 is 1.94 bits per heavy atom. The van der Waals surface area contributed by atoms with Crippen LogP contribution in [-0.2, 0) is 15.9 Å². The maximum Gasteiger partial charge on any atom is 0.119 e. The first kappa shape index (κ1) is 11.1. The van der Waals surface area contributed by atoms with Crippen molar-refractivity contribution in [1.82, 2.24) is 0 Å². The lowest BCUT2D eigenvalue weighted by molar-refractivity contribution is 0.122. The number of rotatable bonds is 7. The van der Waals surface area contributed by atoms with Gasteiger partial charge in [-0.05, 0) is 37.0 Å². The van der Waals surface area contributed by atoms with Crippen LogP contribution in [0.3, 0.4) is 0 Å². The van der Waals surface area contributed by atoms with Gasteiger partial charge in [0.1, 0.15) is 18.5 Å². The smallest absolute Gasteiger partial charge is 0.119 e. The van der Waals surface area contributed by atoms with Gasteiger partial charge in [0.2, 0.25) is 0 Å². The minimum Gasteiger partial charge on any atom is -0.491 e. The van der Waals surface area contributed by atoms with Crippen LogP contribution in [-0.4, -0.2) is 32.0 Å². The molecule has 1 atom stereocenters. The monoisotopic (exact) mass is 234 g/mol. The second kappa shape index (κ2) is 5.07. The molecule has 2 fully saturated rings. The second-order valence-corrected chi connectivity index (χ2v) is 4.73. The molecule has 2 aliphatic rings. The van der Waals surface area contributed by atoms with Gasteiger partial charge in [-0.2, -0.15) is 0 Å². The molecular formula is C14H18O3. The van der Waals surface area contributed by atoms with Gasteiger partial charge in [0.15, 0.2) is 0 Å². The zero-order valence-corrected chi connectivity index (χ0v) is 9.93. The SMILES string of the molecule is c1cc(OCC2CO2)ccc1CCOC1CC1. The van der Waals surface area contributed by atoms with Crippen LogP contribution in [0.25, 0.3) is 0 Å². The number of hydrogen-bond acceptors (Lipinski definition) is 3. The molecule has 1 aromatic carbocycles. The van der Waals surface area contributed by atoms with Crippen LogP contribution in [0.4, 0.5) is 0 Å². The fraction of sp³-hybridized carbons (Fsp3) is 0.571. The summed E-state index contributed by atoms with van der Waals surface area (Å²) in [6.45, 7) is 2.35. The van der Waals surface area contributed by atoms with Crippen LogP contribution < -0.4 is 4.74 Å². The molecule has 3 heteroatoms. The average molecular weight is 234 g/mol. The standard InChI is InChI=1S/C14H18O3/c1-3-13(16-9-14-10-17-14)4-2-11(1)7-8-15-12-5-6-12/h1-4,12,14H,5-10H2. The van der Waals surface area contributed by atoms with E-state index in [1.165, 1.54) is 18.4 Å². The van der Waals surface area contributed by atoms with Crippen LogP contribution in [0, 0.1) is 0 Å². The fourth-order valence-electron chi connectivity index (χ4n) is 1.68. The Labute approximate surface area is 102 Å². The molecule has 1 saturated heterocycles. The quantitative estimate of drug-likeness (QED) is 0.678. The second-order valence-electron chi connectivity index (χ2n) is 4.73. The highest BCUT2D eigenvalue weighted by Gasteiger charge is 2.23. The maximum absolute atomic E-state index is 5.63. The summed E-state index contributed by atoms with van der Waals surface area (Å²) >= 11 is 0. The van der Waals surface area contributed by atoms with E-state index in [4.69, 9.17) is 14.2 Å². The van der Waals surface area contributed by atoms with E-state index in [-0.39, 0.29) is 0 Å². The van der Waals surface area contributed by atoms with Gasteiger partial charge in [-0.3, -0.25) is 0 Å². The molecular weight excluding hydrogens is 216 g/mol. The van der Waals surface area contributed by atoms with Crippen LogP contribution in [0.5, 0.6) is 5.75 Å². The molecule has 1 aliphatic heterocycles. The lowest BCUT2D eigenvalue weighted by Crippen LogP contribution is -2.04. The van der Waals surface area contributed by atoms with E-state index in [0.29, 0.717) is 18.8 Å². The third-order valence-electron chi connectivity index (χ3n) is 3.03. The summed E-state index contributed by atoms with van der Waals surface area (Å²) in [5, 5.41) is 0. The van der Waals surface area contributed by atoms with Crippen molar-refractivity contribution in [1.29, 1.82) is 0 Å². The highest BCUT2D eigenvalue weighted by atomic mass is 16.6. The van der Waals surface area contributed by atoms with Crippen molar-refractivity contribution in [2.45, 2.75) is 31.5 Å². The molecule has 1 heterocycles. The van der Waals surface area contributed by atoms with Crippen LogP contribution >= 0.6 is 0 Å². The Hall–Kier alpha value is -1.06. The van der Waals surface area contributed by atoms with Crippen molar-refractivity contribution in [2.75, 3.05) is 19.8 Å². The van der Waals surface area contributed by atoms with E-state index >= 15 is 0 Å². The van der Waals surface area contributed by atoms with Gasteiger partial charge in [0, 0.05) is 0 Å². The summed E-state index contributed by atoms with van der Waals surface area (Å²) in [7, 11) is 0. The Balaban J connectivity index is 1.41. The van der Waals surface area contributed by atoms with Crippen molar-refractivity contribution in [3.63, 3.8) is 0 Å². The van der Waals surface area contributed by atoms with E-state index in [0.717, 1.165) is 25.4 Å². The largest absolute Gasteiger partial charge is 0.491 e. The maximum atomic E-state index is 5.63. The van der Waals surface area contributed by atoms with Gasteiger partial charge in [-0.1, -0.05) is 12.1 Å². The van der Waals surface area contributed by atoms with E-state index in [9.17, 15) is 0 Å². The summed E-state index contributed by atoms with van der Waals surface area (Å²) in [6, 6.07) is 8.27. The van der Waals surface area contributed by atoms with E-state index in [2.05, 4.69) is 12.1 Å². The predicted octanol–water partition coefficient (Wildman–Crippen LogP) is 2.19. The molecule has 0 N–H and O–H groups in total. The zero-order chi connectivity index (χ0) is 11.5. The normalized spacial score (nSPS) is 22.5. The first-order valence-electron chi connectivity index (χ1n) is 6.35. The van der Waals surface area contributed by atoms with Gasteiger partial charge in [-0.25, -0.2) is 0 Å². The summed E-state index contributed by atoms with van der Waals surface area (Å²) in [5.41, 5.74) is 1.31. The van der Waals surface area contributed by atoms with Gasteiger partial charge >= 0.3 is 0 Å². The lowest BCUT2D eigenvalue weighted by atomic mass is 10.1. The van der Waals surface area contributed by atoms with Crippen molar-refractivity contribution >= 4 is 0 Å². The van der Waals surface area contributed by atoms with Gasteiger partial charge in [0.05, 0.1) is 19.3 Å². The first-order valence-corrected chi connectivity index (χ1v) is 6.35. The molecule has 1 aliphatic carbocycles. The van der Waals surface area contributed by atoms with Crippen molar-refractivity contribution < 1.29 is 14.2 Å². The number of hydrogen-bond donors (Lipinski definition) is 0. The highest BCUT2D eigenvalue weighted by molar-refractivity contribution is 5.27. The van der Waals surface area contributed by atoms with Crippen LogP contribution in [0.2, 0.25) is 0 Å². The molecule has 0 amide bonds. The fourth-order valence-corrected chi connectivity index (χ4v) is 1.68. The zero-order valence-electron chi connectivity index (χ0n) is 9.93. The van der Waals surface area contributed by atoms with Crippen molar-refractivity contribution in [3.05, 3.63) is 29.8 Å². The van der Waals surface area contributed by atoms with E-state index < -0.39 is 0 Å². The van der Waals surface area contributed by atoms with Crippen molar-refractivity contribution in [3.8, 4) is 5.75 Å². The minimum absolute atomic E-state index is 0.321. The molecule has 92 valence electrons. The summed E-state index contributed by atoms with van der Waals surface area (Å²) in [4.78, 5) is 0. The van der Waals surface area contributed by atoms with Crippen LogP contribution in [0.15, 0.2) is 24.3 Å². The topological polar surface area (TPSA) is 31.0 Å². The molecule has 1 aromatic rings. The molecule has 0 spiro atoms. The van der Waals surface area contributed by atoms with Gasteiger partial charge in [0.25, 0.3) is 0 Å². The number of epoxide rings is 1. The van der Waals surface area contributed by atoms with Crippen molar-refractivity contribution in [2.24, 2.45) is 0 Å². The molecule has 3 nitrogen and oxygen atoms in total. The summed E-state index contributed by atoms with van der Waals surface area (Å²) in [5.74, 6) is 0.923. The first-order chi connectivity index (χ1) is 8.40. The summed E-state index contributed by atoms with van der Waals surface area (Å²) in [6.07, 6.45) is 4.35. The van der Waals surface area contributed by atoms with Crippen LogP contribution in [0.1, 0.15) is 18.4 Å². The number of ether oxygens (including phenoxy) is 3. The molecule has 17 heavy (non-hydrogen) atoms. The molecule has 0 aromatic heterocycles. The van der Waals surface area contributed by atoms with Gasteiger partial charge in [-0.15, -0.1) is 0 Å². The molecule has 0 radical (unpaired) electrons. The Morgan fingerprint density at radius 3 is 2.59 bits per heavy atom. The van der Waals surface area contributed by atoms with E-state index in [1.54, 1.807) is 0 Å². The average Bonchev–Trinajstić information content (AvgIpc) is 3.23. The highest BCUT2D eigenvalue weighted by Crippen LogP contribution is 2.23. The van der Waals surface area contributed by atoms with Gasteiger partial charge < -0.3 is 14.2 Å². The lowest BCUT2D eigenvalue weighted by Gasteiger charge is -2.06. The van der Waals surface area contributed by atoms with E-state index in [1.807, 2.05) is 12.1 Å². The predicted molar refractivity (Wildman–Crippen MR) is 64.4 cm³/mol. The Bertz CT molecular complexity index is 352. The molecule has 1 saturated carbocycles. The molecule has 3 rings (SSSR count).